The molecule has 0 spiro atoms. The van der Waals surface area contributed by atoms with E-state index in [0.717, 1.165) is 27.1 Å². The number of anilines is 1. The van der Waals surface area contributed by atoms with Crippen LogP contribution < -0.4 is 4.90 Å². The van der Waals surface area contributed by atoms with Crippen molar-refractivity contribution in [2.75, 3.05) is 18.0 Å². The van der Waals surface area contributed by atoms with Crippen LogP contribution in [-0.4, -0.2) is 36.7 Å². The van der Waals surface area contributed by atoms with E-state index in [1.54, 1.807) is 17.0 Å². The topological polar surface area (TPSA) is 70.6 Å². The highest BCUT2D eigenvalue weighted by molar-refractivity contribution is 7.91. The van der Waals surface area contributed by atoms with Gasteiger partial charge in [-0.25, -0.2) is 13.4 Å². The van der Waals surface area contributed by atoms with Gasteiger partial charge < -0.3 is 0 Å². The predicted molar refractivity (Wildman–Crippen MR) is 143 cm³/mol. The number of thiophene rings is 1. The summed E-state index contributed by atoms with van der Waals surface area (Å²) in [5.74, 6) is -0.345. The quantitative estimate of drug-likeness (QED) is 0.275. The number of hydrogen-bond acceptors (Lipinski definition) is 6. The van der Waals surface area contributed by atoms with Crippen LogP contribution in [0.2, 0.25) is 9.36 Å². The summed E-state index contributed by atoms with van der Waals surface area (Å²) in [5, 5.41) is 1.23. The van der Waals surface area contributed by atoms with Crippen LogP contribution >= 0.6 is 45.9 Å². The third-order valence-electron chi connectivity index (χ3n) is 5.97. The number of fused-ring (bicyclic) bond motifs is 1. The summed E-state index contributed by atoms with van der Waals surface area (Å²) in [6, 6.07) is 18.4. The molecule has 0 unspecified atom stereocenters. The lowest BCUT2D eigenvalue weighted by Gasteiger charge is -2.32. The first-order chi connectivity index (χ1) is 16.8. The molecule has 4 aromatic rings. The number of carbonyl (C=O) groups excluding carboxylic acids is 1. The van der Waals surface area contributed by atoms with Crippen molar-refractivity contribution in [2.45, 2.75) is 23.6 Å². The number of aromatic nitrogens is 1. The predicted octanol–water partition coefficient (Wildman–Crippen LogP) is 6.30. The average molecular weight is 567 g/mol. The highest BCUT2D eigenvalue weighted by Gasteiger charge is 2.35. The van der Waals surface area contributed by atoms with Crippen LogP contribution in [0.4, 0.5) is 5.13 Å². The summed E-state index contributed by atoms with van der Waals surface area (Å²) < 4.78 is 28.9. The monoisotopic (exact) mass is 565 g/mol. The van der Waals surface area contributed by atoms with Gasteiger partial charge in [-0.2, -0.15) is 4.31 Å². The molecule has 0 atom stereocenters. The van der Waals surface area contributed by atoms with Gasteiger partial charge in [0.05, 0.1) is 21.1 Å². The Balaban J connectivity index is 1.37. The molecule has 1 amide bonds. The van der Waals surface area contributed by atoms with E-state index < -0.39 is 10.0 Å². The molecule has 35 heavy (non-hydrogen) atoms. The molecule has 182 valence electrons. The maximum Gasteiger partial charge on any atom is 0.252 e. The summed E-state index contributed by atoms with van der Waals surface area (Å²) in [5.41, 5.74) is 1.78. The molecule has 0 saturated carbocycles. The number of carbonyl (C=O) groups is 1. The number of rotatable bonds is 6. The van der Waals surface area contributed by atoms with Gasteiger partial charge in [0.2, 0.25) is 5.91 Å². The number of benzene rings is 2. The van der Waals surface area contributed by atoms with Crippen LogP contribution in [0.5, 0.6) is 0 Å². The first-order valence-corrected chi connectivity index (χ1v) is 14.8. The number of halogens is 2. The summed E-state index contributed by atoms with van der Waals surface area (Å²) >= 11 is 14.6. The van der Waals surface area contributed by atoms with E-state index in [9.17, 15) is 13.2 Å². The highest BCUT2D eigenvalue weighted by atomic mass is 35.5. The van der Waals surface area contributed by atoms with Gasteiger partial charge in [-0.15, -0.1) is 11.3 Å². The molecule has 5 rings (SSSR count). The minimum atomic E-state index is -3.61. The van der Waals surface area contributed by atoms with Crippen LogP contribution in [-0.2, 0) is 21.4 Å². The molecule has 1 aliphatic heterocycles. The van der Waals surface area contributed by atoms with E-state index in [1.165, 1.54) is 21.7 Å². The van der Waals surface area contributed by atoms with E-state index >= 15 is 0 Å². The molecule has 3 heterocycles. The van der Waals surface area contributed by atoms with Crippen LogP contribution in [0.25, 0.3) is 10.2 Å². The third kappa shape index (κ3) is 5.26. The Morgan fingerprint density at radius 3 is 2.46 bits per heavy atom. The molecule has 1 saturated heterocycles. The smallest absolute Gasteiger partial charge is 0.252 e. The SMILES string of the molecule is O=C(C1CCN(S(=O)(=O)c2ccc(Cl)s2)CC1)N(Cc1ccccc1)c1nc2ccc(Cl)cc2s1. The normalized spacial score (nSPS) is 15.5. The number of thiazole rings is 1. The van der Waals surface area contributed by atoms with Crippen molar-refractivity contribution in [1.82, 2.24) is 9.29 Å². The Labute approximate surface area is 221 Å². The number of hydrogen-bond donors (Lipinski definition) is 0. The summed E-state index contributed by atoms with van der Waals surface area (Å²) in [4.78, 5) is 20.2. The standard InChI is InChI=1S/C24H21Cl2N3O3S3/c25-18-6-7-19-20(14-18)33-24(27-19)29(15-16-4-2-1-3-5-16)23(30)17-10-12-28(13-11-17)35(31,32)22-9-8-21(26)34-22/h1-9,14,17H,10-13,15H2. The fourth-order valence-electron chi connectivity index (χ4n) is 4.13. The zero-order chi connectivity index (χ0) is 24.6. The lowest BCUT2D eigenvalue weighted by Crippen LogP contribution is -2.44. The van der Waals surface area contributed by atoms with Gasteiger partial charge in [0.15, 0.2) is 5.13 Å². The van der Waals surface area contributed by atoms with Gasteiger partial charge in [-0.1, -0.05) is 64.9 Å². The molecule has 0 bridgehead atoms. The highest BCUT2D eigenvalue weighted by Crippen LogP contribution is 2.35. The van der Waals surface area contributed by atoms with Gasteiger partial charge >= 0.3 is 0 Å². The number of sulfonamides is 1. The molecular formula is C24H21Cl2N3O3S3. The van der Waals surface area contributed by atoms with E-state index in [0.29, 0.717) is 33.9 Å². The van der Waals surface area contributed by atoms with Crippen molar-refractivity contribution < 1.29 is 13.2 Å². The van der Waals surface area contributed by atoms with E-state index in [-0.39, 0.29) is 29.1 Å². The second-order valence-corrected chi connectivity index (χ2v) is 13.6. The molecule has 0 N–H and O–H groups in total. The third-order valence-corrected chi connectivity index (χ3v) is 10.8. The molecule has 6 nitrogen and oxygen atoms in total. The maximum absolute atomic E-state index is 13.8. The summed E-state index contributed by atoms with van der Waals surface area (Å²) in [6.45, 7) is 0.950. The molecular weight excluding hydrogens is 545 g/mol. The number of piperidine rings is 1. The van der Waals surface area contributed by atoms with Crippen LogP contribution in [0, 0.1) is 5.92 Å². The molecule has 0 radical (unpaired) electrons. The maximum atomic E-state index is 13.8. The van der Waals surface area contributed by atoms with Crippen molar-refractivity contribution >= 4 is 77.2 Å². The zero-order valence-corrected chi connectivity index (χ0v) is 22.4. The first-order valence-electron chi connectivity index (χ1n) is 11.0. The van der Waals surface area contributed by atoms with Crippen molar-refractivity contribution in [3.8, 4) is 0 Å². The van der Waals surface area contributed by atoms with E-state index in [2.05, 4.69) is 0 Å². The Bertz CT molecular complexity index is 1460. The van der Waals surface area contributed by atoms with Gasteiger partial charge in [-0.05, 0) is 48.7 Å². The second-order valence-electron chi connectivity index (χ2n) is 8.26. The largest absolute Gasteiger partial charge is 0.283 e. The Hall–Kier alpha value is -2.01. The molecule has 2 aromatic heterocycles. The summed E-state index contributed by atoms with van der Waals surface area (Å²) in [6.07, 6.45) is 0.887. The van der Waals surface area contributed by atoms with E-state index in [4.69, 9.17) is 28.2 Å². The summed E-state index contributed by atoms with van der Waals surface area (Å²) in [7, 11) is -3.61. The minimum Gasteiger partial charge on any atom is -0.283 e. The minimum absolute atomic E-state index is 0.0461. The Morgan fingerprint density at radius 2 is 1.77 bits per heavy atom. The lowest BCUT2D eigenvalue weighted by atomic mass is 9.96. The van der Waals surface area contributed by atoms with E-state index in [1.807, 2.05) is 42.5 Å². The molecule has 1 fully saturated rings. The first kappa shape index (κ1) is 24.7. The zero-order valence-electron chi connectivity index (χ0n) is 18.4. The van der Waals surface area contributed by atoms with Crippen LogP contribution in [0.3, 0.4) is 0 Å². The van der Waals surface area contributed by atoms with Crippen LogP contribution in [0.1, 0.15) is 18.4 Å². The van der Waals surface area contributed by atoms with Crippen molar-refractivity contribution in [2.24, 2.45) is 5.92 Å². The molecule has 11 heteroatoms. The van der Waals surface area contributed by atoms with Crippen molar-refractivity contribution in [3.05, 3.63) is 75.6 Å². The molecule has 1 aliphatic rings. The molecule has 2 aromatic carbocycles. The average Bonchev–Trinajstić information content (AvgIpc) is 3.49. The van der Waals surface area contributed by atoms with Gasteiger partial charge in [0.25, 0.3) is 10.0 Å². The fourth-order valence-corrected chi connectivity index (χ4v) is 8.49. The number of nitrogens with zero attached hydrogens (tertiary/aromatic N) is 3. The van der Waals surface area contributed by atoms with Gasteiger partial charge in [0.1, 0.15) is 4.21 Å². The second kappa shape index (κ2) is 10.2. The van der Waals surface area contributed by atoms with Gasteiger partial charge in [0, 0.05) is 24.0 Å². The van der Waals surface area contributed by atoms with Crippen molar-refractivity contribution in [3.63, 3.8) is 0 Å². The van der Waals surface area contributed by atoms with Crippen LogP contribution in [0.15, 0.2) is 64.9 Å². The number of amides is 1. The lowest BCUT2D eigenvalue weighted by molar-refractivity contribution is -0.123. The fraction of sp³-hybridized carbons (Fsp3) is 0.250. The Morgan fingerprint density at radius 1 is 1.03 bits per heavy atom. The van der Waals surface area contributed by atoms with Gasteiger partial charge in [-0.3, -0.25) is 9.69 Å². The molecule has 0 aliphatic carbocycles. The Kier molecular flexibility index (Phi) is 7.16. The van der Waals surface area contributed by atoms with Crippen molar-refractivity contribution in [1.29, 1.82) is 0 Å².